The molecule has 0 saturated heterocycles. The Kier molecular flexibility index (Phi) is 14.1. The third-order valence-corrected chi connectivity index (χ3v) is 11.3. The molecule has 0 aliphatic carbocycles. The number of para-hydroxylation sites is 1. The van der Waals surface area contributed by atoms with E-state index in [4.69, 9.17) is 15.2 Å². The van der Waals surface area contributed by atoms with Gasteiger partial charge in [0.15, 0.2) is 11.6 Å². The first kappa shape index (κ1) is 44.0. The Morgan fingerprint density at radius 1 is 0.492 bits per heavy atom. The van der Waals surface area contributed by atoms with E-state index in [1.54, 1.807) is 16.9 Å². The van der Waals surface area contributed by atoms with E-state index in [0.717, 1.165) is 65.9 Å². The minimum atomic E-state index is -3.54. The molecule has 9 aromatic rings. The van der Waals surface area contributed by atoms with Crippen molar-refractivity contribution in [2.45, 2.75) is 20.0 Å². The highest BCUT2D eigenvalue weighted by Gasteiger charge is 2.23. The lowest BCUT2D eigenvalue weighted by Gasteiger charge is -2.09. The summed E-state index contributed by atoms with van der Waals surface area (Å²) < 4.78 is 29.0. The van der Waals surface area contributed by atoms with Gasteiger partial charge in [0.05, 0.1) is 20.3 Å². The van der Waals surface area contributed by atoms with Gasteiger partial charge in [-0.25, -0.2) is 27.7 Å². The average molecular weight is 956 g/mol. The predicted octanol–water partition coefficient (Wildman–Crippen LogP) is 11.9. The number of aromatic nitrogens is 8. The number of sulfone groups is 1. The molecule has 4 heterocycles. The molecule has 306 valence electrons. The number of anilines is 2. The first-order valence-corrected chi connectivity index (χ1v) is 21.7. The molecule has 4 aromatic heterocycles. The summed E-state index contributed by atoms with van der Waals surface area (Å²) in [5.41, 5.74) is 8.15. The van der Waals surface area contributed by atoms with Crippen LogP contribution >= 0.6 is 31.9 Å². The second-order valence-corrected chi connectivity index (χ2v) is 16.5. The molecule has 61 heavy (non-hydrogen) atoms. The first-order valence-electron chi connectivity index (χ1n) is 18.2. The van der Waals surface area contributed by atoms with E-state index < -0.39 is 9.84 Å². The molecule has 0 aliphatic rings. The fraction of sp³-hybridized carbons (Fsp3) is 0.0638. The molecule has 0 unspecified atom stereocenters. The van der Waals surface area contributed by atoms with Crippen molar-refractivity contribution in [3.8, 4) is 56.7 Å². The highest BCUT2D eigenvalue weighted by atomic mass is 79.9. The number of nitrogens with one attached hydrogen (secondary N) is 1. The number of nitrogens with zero attached hydrogens (tertiary/aromatic N) is 8. The molecule has 9 rings (SSSR count). The van der Waals surface area contributed by atoms with Gasteiger partial charge in [0.2, 0.25) is 20.9 Å². The summed E-state index contributed by atoms with van der Waals surface area (Å²) in [6, 6.07) is 53.1. The number of hydrogen-bond donors (Lipinski definition) is 1. The Hall–Kier alpha value is -6.61. The van der Waals surface area contributed by atoms with Crippen LogP contribution in [-0.4, -0.2) is 54.2 Å². The third kappa shape index (κ3) is 9.89. The third-order valence-electron chi connectivity index (χ3n) is 8.90. The Labute approximate surface area is 372 Å². The van der Waals surface area contributed by atoms with Gasteiger partial charge < -0.3 is 5.32 Å². The summed E-state index contributed by atoms with van der Waals surface area (Å²) in [7, 11) is -3.54. The van der Waals surface area contributed by atoms with E-state index >= 15 is 0 Å². The summed E-state index contributed by atoms with van der Waals surface area (Å²) in [5, 5.41) is 12.7. The van der Waals surface area contributed by atoms with E-state index in [9.17, 15) is 8.42 Å². The number of halogens is 2. The zero-order valence-corrected chi connectivity index (χ0v) is 35.3. The monoisotopic (exact) mass is 953 g/mol. The molecule has 5 aromatic carbocycles. The van der Waals surface area contributed by atoms with E-state index in [-0.39, 0.29) is 20.0 Å². The molecule has 0 radical (unpaired) electrons. The minimum Gasteiger partial charge on any atom is -0.324 e. The number of hydrogen-bond acceptors (Lipinski definition) is 9. The van der Waals surface area contributed by atoms with Gasteiger partial charge in [0, 0.05) is 58.7 Å². The predicted molar refractivity (Wildman–Crippen MR) is 252 cm³/mol. The van der Waals surface area contributed by atoms with Crippen LogP contribution in [-0.2, 0) is 9.84 Å². The van der Waals surface area contributed by atoms with Crippen LogP contribution in [0.1, 0.15) is 14.9 Å². The summed E-state index contributed by atoms with van der Waals surface area (Å²) in [6.07, 6.45) is 4.24. The van der Waals surface area contributed by atoms with Crippen LogP contribution in [0, 0.1) is 0 Å². The van der Waals surface area contributed by atoms with E-state index in [1.165, 1.54) is 6.20 Å². The standard InChI is InChI=1S/C25H18BrN5.C20H15BrN4O2S.2CH4/c26-22-23(18-10-4-1-5-11-18)30-31(24(22)19-12-6-2-7-13-19)21-16-17-27-25(29-21)28-20-14-8-3-9-15-20;1-28(26,27)20-22-13-12-16(23-20)25-19(15-10-6-3-7-11-15)17(21)18(24-25)14-8-4-2-5-9-14;;/h1-17H,(H,27,28,29);2-13H,1H3;2*1H4. The van der Waals surface area contributed by atoms with Crippen molar-refractivity contribution in [2.24, 2.45) is 0 Å². The first-order chi connectivity index (χ1) is 28.7. The van der Waals surface area contributed by atoms with Crippen molar-refractivity contribution in [3.05, 3.63) is 185 Å². The lowest BCUT2D eigenvalue weighted by molar-refractivity contribution is 0.592. The van der Waals surface area contributed by atoms with Gasteiger partial charge in [0.25, 0.3) is 0 Å². The highest BCUT2D eigenvalue weighted by molar-refractivity contribution is 9.11. The van der Waals surface area contributed by atoms with Gasteiger partial charge in [-0.2, -0.15) is 20.2 Å². The second-order valence-electron chi connectivity index (χ2n) is 13.0. The Morgan fingerprint density at radius 3 is 1.30 bits per heavy atom. The van der Waals surface area contributed by atoms with Crippen molar-refractivity contribution in [3.63, 3.8) is 0 Å². The molecular weight excluding hydrogens is 914 g/mol. The summed E-state index contributed by atoms with van der Waals surface area (Å²) in [6.45, 7) is 0. The molecular formula is C47H41Br2N9O2S. The quantitative estimate of drug-likeness (QED) is 0.140. The van der Waals surface area contributed by atoms with Gasteiger partial charge >= 0.3 is 0 Å². The van der Waals surface area contributed by atoms with E-state index in [2.05, 4.69) is 76.4 Å². The Balaban J connectivity index is 0.000000199. The lowest BCUT2D eigenvalue weighted by Crippen LogP contribution is -2.09. The summed E-state index contributed by atoms with van der Waals surface area (Å²) in [4.78, 5) is 17.2. The highest BCUT2D eigenvalue weighted by Crippen LogP contribution is 2.39. The minimum absolute atomic E-state index is 0. The van der Waals surface area contributed by atoms with Crippen LogP contribution in [0.5, 0.6) is 0 Å². The number of benzene rings is 5. The van der Waals surface area contributed by atoms with Crippen LogP contribution in [0.2, 0.25) is 0 Å². The van der Waals surface area contributed by atoms with Crippen molar-refractivity contribution < 1.29 is 8.42 Å². The molecule has 0 aliphatic heterocycles. The van der Waals surface area contributed by atoms with E-state index in [1.807, 2.05) is 138 Å². The van der Waals surface area contributed by atoms with Crippen LogP contribution in [0.25, 0.3) is 56.7 Å². The van der Waals surface area contributed by atoms with Gasteiger partial charge in [0.1, 0.15) is 11.4 Å². The van der Waals surface area contributed by atoms with Crippen LogP contribution in [0.3, 0.4) is 0 Å². The topological polar surface area (TPSA) is 133 Å². The van der Waals surface area contributed by atoms with Gasteiger partial charge in [-0.1, -0.05) is 154 Å². The van der Waals surface area contributed by atoms with Gasteiger partial charge in [-0.15, -0.1) is 0 Å². The maximum atomic E-state index is 11.9. The molecule has 14 heteroatoms. The Morgan fingerprint density at radius 2 is 0.869 bits per heavy atom. The smallest absolute Gasteiger partial charge is 0.248 e. The zero-order chi connectivity index (χ0) is 40.8. The molecule has 1 N–H and O–H groups in total. The fourth-order valence-electron chi connectivity index (χ4n) is 6.19. The molecule has 11 nitrogen and oxygen atoms in total. The van der Waals surface area contributed by atoms with Gasteiger partial charge in [-0.3, -0.25) is 0 Å². The molecule has 0 saturated carbocycles. The van der Waals surface area contributed by atoms with Crippen LogP contribution in [0.4, 0.5) is 11.6 Å². The molecule has 0 spiro atoms. The number of rotatable bonds is 9. The van der Waals surface area contributed by atoms with Crippen LogP contribution in [0.15, 0.2) is 190 Å². The van der Waals surface area contributed by atoms with Crippen molar-refractivity contribution in [1.29, 1.82) is 0 Å². The summed E-state index contributed by atoms with van der Waals surface area (Å²) >= 11 is 7.49. The molecule has 0 bridgehead atoms. The van der Waals surface area contributed by atoms with Crippen molar-refractivity contribution in [2.75, 3.05) is 11.6 Å². The fourth-order valence-corrected chi connectivity index (χ4v) is 8.11. The van der Waals surface area contributed by atoms with Gasteiger partial charge in [-0.05, 0) is 44.0 Å². The van der Waals surface area contributed by atoms with Crippen molar-refractivity contribution >= 4 is 53.3 Å². The maximum absolute atomic E-state index is 11.9. The average Bonchev–Trinajstić information content (AvgIpc) is 3.82. The second kappa shape index (κ2) is 19.6. The maximum Gasteiger partial charge on any atom is 0.248 e. The zero-order valence-electron chi connectivity index (χ0n) is 31.3. The van der Waals surface area contributed by atoms with E-state index in [0.29, 0.717) is 17.6 Å². The van der Waals surface area contributed by atoms with Crippen molar-refractivity contribution in [1.82, 2.24) is 39.5 Å². The normalized spacial score (nSPS) is 10.7. The SMILES string of the molecule is Brc1c(-c2ccccc2)nn(-c2ccnc(Nc3ccccc3)n2)c1-c1ccccc1.C.C.CS(=O)(=O)c1nccc(-n2nc(-c3ccccc3)c(Br)c2-c2ccccc2)n1. The summed E-state index contributed by atoms with van der Waals surface area (Å²) in [5.74, 6) is 1.56. The lowest BCUT2D eigenvalue weighted by atomic mass is 10.1. The van der Waals surface area contributed by atoms with Crippen LogP contribution < -0.4 is 5.32 Å². The molecule has 0 amide bonds. The molecule has 0 atom stereocenters. The molecule has 0 fully saturated rings. The Bertz CT molecular complexity index is 2950. The largest absolute Gasteiger partial charge is 0.324 e.